The maximum atomic E-state index is 13.1. The first-order chi connectivity index (χ1) is 11.3. The van der Waals surface area contributed by atoms with Crippen LogP contribution in [0, 0.1) is 19.7 Å². The Morgan fingerprint density at radius 2 is 1.92 bits per heavy atom. The highest BCUT2D eigenvalue weighted by atomic mass is 35.5. The van der Waals surface area contributed by atoms with E-state index in [0.717, 1.165) is 11.1 Å². The van der Waals surface area contributed by atoms with E-state index in [0.29, 0.717) is 22.0 Å². The average Bonchev–Trinajstić information content (AvgIpc) is 2.50. The van der Waals surface area contributed by atoms with Gasteiger partial charge in [-0.3, -0.25) is 4.79 Å². The van der Waals surface area contributed by atoms with Crippen LogP contribution >= 0.6 is 11.6 Å². The third kappa shape index (κ3) is 4.48. The molecule has 24 heavy (non-hydrogen) atoms. The zero-order valence-electron chi connectivity index (χ0n) is 14.2. The van der Waals surface area contributed by atoms with E-state index in [-0.39, 0.29) is 24.2 Å². The van der Waals surface area contributed by atoms with Crippen molar-refractivity contribution in [3.63, 3.8) is 0 Å². The number of carbonyl (C=O) groups is 1. The van der Waals surface area contributed by atoms with E-state index in [2.05, 4.69) is 5.32 Å². The number of aryl methyl sites for hydroxylation is 2. The Morgan fingerprint density at radius 3 is 2.54 bits per heavy atom. The normalized spacial score (nSPS) is 10.8. The Bertz CT molecular complexity index is 759. The van der Waals surface area contributed by atoms with E-state index in [9.17, 15) is 9.18 Å². The Balaban J connectivity index is 2.07. The van der Waals surface area contributed by atoms with Crippen molar-refractivity contribution >= 4 is 23.2 Å². The Kier molecular flexibility index (Phi) is 5.84. The molecule has 3 nitrogen and oxygen atoms in total. The van der Waals surface area contributed by atoms with Crippen molar-refractivity contribution < 1.29 is 13.9 Å². The minimum atomic E-state index is -0.333. The summed E-state index contributed by atoms with van der Waals surface area (Å²) in [7, 11) is 0. The summed E-state index contributed by atoms with van der Waals surface area (Å²) in [4.78, 5) is 12.1. The summed E-state index contributed by atoms with van der Waals surface area (Å²) in [6.45, 7) is 7.57. The summed E-state index contributed by atoms with van der Waals surface area (Å²) in [6.07, 6.45) is 0. The molecular formula is C19H21ClFNO2. The van der Waals surface area contributed by atoms with E-state index in [1.807, 2.05) is 32.9 Å². The van der Waals surface area contributed by atoms with Crippen LogP contribution in [0.15, 0.2) is 30.3 Å². The van der Waals surface area contributed by atoms with Crippen molar-refractivity contribution in [2.24, 2.45) is 0 Å². The molecule has 5 heteroatoms. The highest BCUT2D eigenvalue weighted by Gasteiger charge is 2.13. The summed E-state index contributed by atoms with van der Waals surface area (Å²) in [5.74, 6) is 0.241. The van der Waals surface area contributed by atoms with Crippen molar-refractivity contribution in [1.29, 1.82) is 0 Å². The Labute approximate surface area is 146 Å². The lowest BCUT2D eigenvalue weighted by Gasteiger charge is -2.16. The van der Waals surface area contributed by atoms with Gasteiger partial charge < -0.3 is 10.1 Å². The molecule has 0 atom stereocenters. The molecule has 0 heterocycles. The molecule has 1 N–H and O–H groups in total. The molecule has 0 fully saturated rings. The third-order valence-corrected chi connectivity index (χ3v) is 4.14. The molecule has 0 aliphatic carbocycles. The van der Waals surface area contributed by atoms with Gasteiger partial charge in [0, 0.05) is 10.7 Å². The minimum Gasteiger partial charge on any atom is -0.483 e. The Hall–Kier alpha value is -2.07. The molecule has 0 saturated heterocycles. The smallest absolute Gasteiger partial charge is 0.262 e. The van der Waals surface area contributed by atoms with Crippen LogP contribution in [0.4, 0.5) is 10.1 Å². The van der Waals surface area contributed by atoms with E-state index in [1.165, 1.54) is 18.2 Å². The number of benzene rings is 2. The number of hydrogen-bond donors (Lipinski definition) is 1. The zero-order chi connectivity index (χ0) is 17.9. The lowest BCUT2D eigenvalue weighted by atomic mass is 10.0. The first-order valence-corrected chi connectivity index (χ1v) is 8.14. The zero-order valence-corrected chi connectivity index (χ0v) is 15.0. The van der Waals surface area contributed by atoms with Gasteiger partial charge in [0.25, 0.3) is 5.91 Å². The summed E-state index contributed by atoms with van der Waals surface area (Å²) in [5, 5.41) is 3.40. The fourth-order valence-corrected chi connectivity index (χ4v) is 2.52. The number of anilines is 1. The quantitative estimate of drug-likeness (QED) is 0.801. The Morgan fingerprint density at radius 1 is 1.21 bits per heavy atom. The molecule has 0 aliphatic rings. The minimum absolute atomic E-state index is 0.127. The second-order valence-electron chi connectivity index (χ2n) is 6.09. The van der Waals surface area contributed by atoms with E-state index < -0.39 is 0 Å². The number of carbonyl (C=O) groups excluding carboxylic acids is 1. The average molecular weight is 350 g/mol. The summed E-state index contributed by atoms with van der Waals surface area (Å²) in [6, 6.07) is 7.93. The summed E-state index contributed by atoms with van der Waals surface area (Å²) >= 11 is 6.16. The van der Waals surface area contributed by atoms with Crippen molar-refractivity contribution in [2.45, 2.75) is 33.6 Å². The molecule has 2 aromatic rings. The van der Waals surface area contributed by atoms with Gasteiger partial charge in [0.2, 0.25) is 0 Å². The topological polar surface area (TPSA) is 38.3 Å². The third-order valence-electron chi connectivity index (χ3n) is 3.73. The van der Waals surface area contributed by atoms with Crippen LogP contribution in [-0.2, 0) is 4.79 Å². The summed E-state index contributed by atoms with van der Waals surface area (Å²) < 4.78 is 18.8. The SMILES string of the molecule is Cc1cc(OCC(=O)Nc2ccc(F)cc2C)c(C(C)C)cc1Cl. The van der Waals surface area contributed by atoms with Crippen molar-refractivity contribution in [3.05, 3.63) is 57.9 Å². The molecule has 2 rings (SSSR count). The standard InChI is InChI=1S/C19H21ClFNO2/c1-11(2)15-9-16(20)12(3)8-18(15)24-10-19(23)22-17-6-5-14(21)7-13(17)4/h5-9,11H,10H2,1-4H3,(H,22,23). The fraction of sp³-hybridized carbons (Fsp3) is 0.316. The molecular weight excluding hydrogens is 329 g/mol. The number of nitrogens with one attached hydrogen (secondary N) is 1. The number of ether oxygens (including phenoxy) is 1. The van der Waals surface area contributed by atoms with E-state index in [4.69, 9.17) is 16.3 Å². The van der Waals surface area contributed by atoms with Crippen LogP contribution in [0.5, 0.6) is 5.75 Å². The van der Waals surface area contributed by atoms with Crippen LogP contribution in [0.1, 0.15) is 36.5 Å². The second kappa shape index (κ2) is 7.67. The number of amides is 1. The first-order valence-electron chi connectivity index (χ1n) is 7.76. The van der Waals surface area contributed by atoms with Gasteiger partial charge in [-0.15, -0.1) is 0 Å². The molecule has 0 bridgehead atoms. The largest absolute Gasteiger partial charge is 0.483 e. The molecule has 0 aliphatic heterocycles. The van der Waals surface area contributed by atoms with Gasteiger partial charge in [-0.25, -0.2) is 4.39 Å². The maximum Gasteiger partial charge on any atom is 0.262 e. The van der Waals surface area contributed by atoms with Gasteiger partial charge in [-0.2, -0.15) is 0 Å². The number of rotatable bonds is 5. The van der Waals surface area contributed by atoms with Crippen molar-refractivity contribution in [2.75, 3.05) is 11.9 Å². The second-order valence-corrected chi connectivity index (χ2v) is 6.50. The lowest BCUT2D eigenvalue weighted by molar-refractivity contribution is -0.118. The lowest BCUT2D eigenvalue weighted by Crippen LogP contribution is -2.21. The van der Waals surface area contributed by atoms with Gasteiger partial charge in [-0.1, -0.05) is 25.4 Å². The monoisotopic (exact) mass is 349 g/mol. The molecule has 0 saturated carbocycles. The van der Waals surface area contributed by atoms with Gasteiger partial charge in [0.05, 0.1) is 0 Å². The number of hydrogen-bond acceptors (Lipinski definition) is 2. The number of halogens is 2. The molecule has 128 valence electrons. The highest BCUT2D eigenvalue weighted by molar-refractivity contribution is 6.31. The fourth-order valence-electron chi connectivity index (χ4n) is 2.34. The molecule has 0 radical (unpaired) electrons. The van der Waals surface area contributed by atoms with Gasteiger partial charge in [0.15, 0.2) is 6.61 Å². The first kappa shape index (κ1) is 18.3. The molecule has 2 aromatic carbocycles. The van der Waals surface area contributed by atoms with E-state index in [1.54, 1.807) is 6.92 Å². The van der Waals surface area contributed by atoms with Gasteiger partial charge in [-0.05, 0) is 66.8 Å². The van der Waals surface area contributed by atoms with Crippen LogP contribution in [-0.4, -0.2) is 12.5 Å². The van der Waals surface area contributed by atoms with Crippen molar-refractivity contribution in [1.82, 2.24) is 0 Å². The molecule has 1 amide bonds. The highest BCUT2D eigenvalue weighted by Crippen LogP contribution is 2.32. The molecule has 0 unspecified atom stereocenters. The predicted molar refractivity (Wildman–Crippen MR) is 95.5 cm³/mol. The maximum absolute atomic E-state index is 13.1. The van der Waals surface area contributed by atoms with E-state index >= 15 is 0 Å². The predicted octanol–water partition coefficient (Wildman–Crippen LogP) is 5.24. The van der Waals surface area contributed by atoms with Crippen LogP contribution in [0.3, 0.4) is 0 Å². The molecule has 0 aromatic heterocycles. The summed E-state index contributed by atoms with van der Waals surface area (Å²) in [5.41, 5.74) is 3.08. The van der Waals surface area contributed by atoms with Gasteiger partial charge in [0.1, 0.15) is 11.6 Å². The van der Waals surface area contributed by atoms with Gasteiger partial charge >= 0.3 is 0 Å². The molecule has 0 spiro atoms. The van der Waals surface area contributed by atoms with Crippen LogP contribution in [0.25, 0.3) is 0 Å². The van der Waals surface area contributed by atoms with Crippen molar-refractivity contribution in [3.8, 4) is 5.75 Å². The van der Waals surface area contributed by atoms with Crippen LogP contribution in [0.2, 0.25) is 5.02 Å². The van der Waals surface area contributed by atoms with Crippen LogP contribution < -0.4 is 10.1 Å².